The number of nitrogens with zero attached hydrogens (tertiary/aromatic N) is 1. The Morgan fingerprint density at radius 3 is 2.85 bits per heavy atom. The van der Waals surface area contributed by atoms with Crippen LogP contribution in [0.25, 0.3) is 0 Å². The van der Waals surface area contributed by atoms with E-state index >= 15 is 0 Å². The van der Waals surface area contributed by atoms with Crippen LogP contribution in [0.1, 0.15) is 33.1 Å². The van der Waals surface area contributed by atoms with Gasteiger partial charge in [-0.05, 0) is 24.7 Å². The lowest BCUT2D eigenvalue weighted by molar-refractivity contribution is -0.0163. The van der Waals surface area contributed by atoms with Crippen molar-refractivity contribution in [3.8, 4) is 0 Å². The van der Waals surface area contributed by atoms with Crippen molar-refractivity contribution in [1.29, 1.82) is 0 Å². The van der Waals surface area contributed by atoms with Crippen LogP contribution in [0.4, 0.5) is 0 Å². The Morgan fingerprint density at radius 2 is 2.23 bits per heavy atom. The molecule has 13 heavy (non-hydrogen) atoms. The van der Waals surface area contributed by atoms with Crippen molar-refractivity contribution in [2.24, 2.45) is 5.41 Å². The minimum absolute atomic E-state index is 0.658. The minimum atomic E-state index is 0.658. The Kier molecular flexibility index (Phi) is 2.61. The molecule has 0 radical (unpaired) electrons. The molecule has 0 aromatic heterocycles. The van der Waals surface area contributed by atoms with Gasteiger partial charge in [0.25, 0.3) is 0 Å². The van der Waals surface area contributed by atoms with E-state index in [2.05, 4.69) is 18.7 Å². The number of rotatable bonds is 3. The normalized spacial score (nSPS) is 33.2. The van der Waals surface area contributed by atoms with Gasteiger partial charge in [-0.1, -0.05) is 13.8 Å². The van der Waals surface area contributed by atoms with E-state index in [4.69, 9.17) is 4.74 Å². The lowest BCUT2D eigenvalue weighted by atomic mass is 10.1. The van der Waals surface area contributed by atoms with E-state index in [9.17, 15) is 0 Å². The summed E-state index contributed by atoms with van der Waals surface area (Å²) in [7, 11) is 0. The third-order valence-electron chi connectivity index (χ3n) is 3.51. The van der Waals surface area contributed by atoms with Crippen LogP contribution in [0.3, 0.4) is 0 Å². The van der Waals surface area contributed by atoms with Gasteiger partial charge in [0.2, 0.25) is 0 Å². The van der Waals surface area contributed by atoms with Crippen LogP contribution in [0.5, 0.6) is 0 Å². The van der Waals surface area contributed by atoms with Gasteiger partial charge in [0, 0.05) is 19.1 Å². The monoisotopic (exact) mass is 183 g/mol. The summed E-state index contributed by atoms with van der Waals surface area (Å²) in [5.41, 5.74) is 0.658. The molecular formula is C11H21NO. The topological polar surface area (TPSA) is 12.5 Å². The van der Waals surface area contributed by atoms with E-state index in [0.717, 1.165) is 19.8 Å². The summed E-state index contributed by atoms with van der Waals surface area (Å²) in [6, 6.07) is 0.686. The SMILES string of the molecule is CCC1COCCN1CC1(C)CC1. The molecule has 2 nitrogen and oxygen atoms in total. The highest BCUT2D eigenvalue weighted by Crippen LogP contribution is 2.45. The van der Waals surface area contributed by atoms with Crippen molar-refractivity contribution in [2.45, 2.75) is 39.2 Å². The largest absolute Gasteiger partial charge is 0.378 e. The number of morpholine rings is 1. The van der Waals surface area contributed by atoms with Crippen LogP contribution < -0.4 is 0 Å². The Labute approximate surface area is 81.3 Å². The lowest BCUT2D eigenvalue weighted by Crippen LogP contribution is -2.47. The maximum Gasteiger partial charge on any atom is 0.0622 e. The van der Waals surface area contributed by atoms with Crippen LogP contribution in [-0.4, -0.2) is 37.2 Å². The summed E-state index contributed by atoms with van der Waals surface area (Å²) in [5.74, 6) is 0. The molecule has 1 atom stereocenters. The number of hydrogen-bond acceptors (Lipinski definition) is 2. The van der Waals surface area contributed by atoms with Gasteiger partial charge in [-0.2, -0.15) is 0 Å². The average molecular weight is 183 g/mol. The van der Waals surface area contributed by atoms with Gasteiger partial charge in [0.15, 0.2) is 0 Å². The van der Waals surface area contributed by atoms with E-state index in [1.165, 1.54) is 25.8 Å². The molecule has 2 rings (SSSR count). The van der Waals surface area contributed by atoms with Gasteiger partial charge in [-0.3, -0.25) is 4.90 Å². The first-order chi connectivity index (χ1) is 6.23. The predicted molar refractivity (Wildman–Crippen MR) is 53.8 cm³/mol. The fraction of sp³-hybridized carbons (Fsp3) is 1.00. The molecular weight excluding hydrogens is 162 g/mol. The van der Waals surface area contributed by atoms with E-state index in [-0.39, 0.29) is 0 Å². The molecule has 1 saturated heterocycles. The van der Waals surface area contributed by atoms with E-state index < -0.39 is 0 Å². The van der Waals surface area contributed by atoms with Crippen molar-refractivity contribution in [3.63, 3.8) is 0 Å². The molecule has 1 unspecified atom stereocenters. The Morgan fingerprint density at radius 1 is 1.46 bits per heavy atom. The summed E-state index contributed by atoms with van der Waals surface area (Å²) >= 11 is 0. The van der Waals surface area contributed by atoms with Crippen LogP contribution in [0.2, 0.25) is 0 Å². The van der Waals surface area contributed by atoms with Gasteiger partial charge in [-0.15, -0.1) is 0 Å². The molecule has 2 heteroatoms. The summed E-state index contributed by atoms with van der Waals surface area (Å²) in [6.45, 7) is 9.01. The molecule has 2 fully saturated rings. The number of hydrogen-bond donors (Lipinski definition) is 0. The minimum Gasteiger partial charge on any atom is -0.378 e. The zero-order chi connectivity index (χ0) is 9.31. The molecule has 0 aromatic rings. The zero-order valence-electron chi connectivity index (χ0n) is 8.88. The maximum absolute atomic E-state index is 5.50. The Hall–Kier alpha value is -0.0800. The van der Waals surface area contributed by atoms with Gasteiger partial charge in [-0.25, -0.2) is 0 Å². The van der Waals surface area contributed by atoms with Gasteiger partial charge >= 0.3 is 0 Å². The predicted octanol–water partition coefficient (Wildman–Crippen LogP) is 1.90. The molecule has 0 spiro atoms. The zero-order valence-corrected chi connectivity index (χ0v) is 8.88. The summed E-state index contributed by atoms with van der Waals surface area (Å²) in [6.07, 6.45) is 4.09. The van der Waals surface area contributed by atoms with E-state index in [0.29, 0.717) is 11.5 Å². The van der Waals surface area contributed by atoms with Crippen molar-refractivity contribution >= 4 is 0 Å². The Bertz CT molecular complexity index is 177. The molecule has 1 heterocycles. The highest BCUT2D eigenvalue weighted by atomic mass is 16.5. The third-order valence-corrected chi connectivity index (χ3v) is 3.51. The molecule has 0 amide bonds. The molecule has 76 valence electrons. The van der Waals surface area contributed by atoms with Gasteiger partial charge in [0.1, 0.15) is 0 Å². The van der Waals surface area contributed by atoms with Crippen LogP contribution in [0, 0.1) is 5.41 Å². The van der Waals surface area contributed by atoms with E-state index in [1.54, 1.807) is 0 Å². The van der Waals surface area contributed by atoms with E-state index in [1.807, 2.05) is 0 Å². The van der Waals surface area contributed by atoms with Crippen LogP contribution >= 0.6 is 0 Å². The first kappa shape index (κ1) is 9.47. The van der Waals surface area contributed by atoms with Gasteiger partial charge in [0.05, 0.1) is 13.2 Å². The second-order valence-electron chi connectivity index (χ2n) is 4.92. The highest BCUT2D eigenvalue weighted by molar-refractivity contribution is 4.93. The average Bonchev–Trinajstić information content (AvgIpc) is 2.84. The lowest BCUT2D eigenvalue weighted by Gasteiger charge is -2.36. The molecule has 1 saturated carbocycles. The quantitative estimate of drug-likeness (QED) is 0.662. The fourth-order valence-corrected chi connectivity index (χ4v) is 2.14. The second-order valence-corrected chi connectivity index (χ2v) is 4.92. The standard InChI is InChI=1S/C11H21NO/c1-3-10-8-13-7-6-12(10)9-11(2)4-5-11/h10H,3-9H2,1-2H3. The summed E-state index contributed by atoms with van der Waals surface area (Å²) in [4.78, 5) is 2.64. The van der Waals surface area contributed by atoms with Crippen LogP contribution in [0.15, 0.2) is 0 Å². The Balaban J connectivity index is 1.87. The number of ether oxygens (including phenoxy) is 1. The molecule has 0 bridgehead atoms. The van der Waals surface area contributed by atoms with Crippen molar-refractivity contribution in [2.75, 3.05) is 26.3 Å². The molecule has 0 N–H and O–H groups in total. The summed E-state index contributed by atoms with van der Waals surface area (Å²) < 4.78 is 5.50. The maximum atomic E-state index is 5.50. The first-order valence-electron chi connectivity index (χ1n) is 5.55. The molecule has 2 aliphatic rings. The van der Waals surface area contributed by atoms with Crippen molar-refractivity contribution in [3.05, 3.63) is 0 Å². The molecule has 1 aliphatic carbocycles. The summed E-state index contributed by atoms with van der Waals surface area (Å²) in [5, 5.41) is 0. The fourth-order valence-electron chi connectivity index (χ4n) is 2.14. The third kappa shape index (κ3) is 2.23. The molecule has 1 aliphatic heterocycles. The smallest absolute Gasteiger partial charge is 0.0622 e. The van der Waals surface area contributed by atoms with Crippen molar-refractivity contribution < 1.29 is 4.74 Å². The second kappa shape index (κ2) is 3.58. The first-order valence-corrected chi connectivity index (χ1v) is 5.55. The van der Waals surface area contributed by atoms with Crippen molar-refractivity contribution in [1.82, 2.24) is 4.90 Å². The van der Waals surface area contributed by atoms with Crippen LogP contribution in [-0.2, 0) is 4.74 Å². The molecule has 0 aromatic carbocycles. The highest BCUT2D eigenvalue weighted by Gasteiger charge is 2.40. The van der Waals surface area contributed by atoms with Gasteiger partial charge < -0.3 is 4.74 Å².